The third-order valence-corrected chi connectivity index (χ3v) is 7.40. The Hall–Kier alpha value is -2.79. The van der Waals surface area contributed by atoms with Gasteiger partial charge in [-0.2, -0.15) is 26.3 Å². The molecule has 4 rings (SSSR count). The number of benzene rings is 2. The Bertz CT molecular complexity index is 1070. The highest BCUT2D eigenvalue weighted by Gasteiger charge is 2.37. The molecular formula is C27H31F6N3O2. The van der Waals surface area contributed by atoms with Crippen LogP contribution in [0, 0.1) is 0 Å². The normalized spacial score (nSPS) is 19.3. The van der Waals surface area contributed by atoms with E-state index in [9.17, 15) is 36.2 Å². The Balaban J connectivity index is 1.52. The second-order valence-corrected chi connectivity index (χ2v) is 9.96. The summed E-state index contributed by atoms with van der Waals surface area (Å²) in [6.07, 6.45) is -4.05. The molecule has 5 nitrogen and oxygen atoms in total. The van der Waals surface area contributed by atoms with Gasteiger partial charge in [0.25, 0.3) is 0 Å². The van der Waals surface area contributed by atoms with Crippen molar-refractivity contribution in [3.63, 3.8) is 0 Å². The van der Waals surface area contributed by atoms with Gasteiger partial charge in [0.1, 0.15) is 11.8 Å². The van der Waals surface area contributed by atoms with Gasteiger partial charge in [-0.05, 0) is 42.7 Å². The van der Waals surface area contributed by atoms with Gasteiger partial charge in [0, 0.05) is 44.3 Å². The molecule has 1 aliphatic heterocycles. The molecule has 1 atom stereocenters. The van der Waals surface area contributed by atoms with Gasteiger partial charge in [0.2, 0.25) is 5.91 Å². The van der Waals surface area contributed by atoms with Crippen LogP contribution in [0.5, 0.6) is 5.75 Å². The first kappa shape index (κ1) is 28.2. The van der Waals surface area contributed by atoms with Crippen LogP contribution in [0.25, 0.3) is 0 Å². The molecule has 0 radical (unpaired) electrons. The Labute approximate surface area is 217 Å². The predicted octanol–water partition coefficient (Wildman–Crippen LogP) is 5.74. The molecule has 11 heteroatoms. The maximum absolute atomic E-state index is 13.4. The molecule has 2 aliphatic rings. The van der Waals surface area contributed by atoms with Crippen molar-refractivity contribution in [2.75, 3.05) is 26.2 Å². The van der Waals surface area contributed by atoms with Crippen LogP contribution in [-0.2, 0) is 23.7 Å². The largest absolute Gasteiger partial charge is 0.508 e. The van der Waals surface area contributed by atoms with Crippen molar-refractivity contribution < 1.29 is 36.2 Å². The van der Waals surface area contributed by atoms with Crippen LogP contribution in [0.4, 0.5) is 26.3 Å². The van der Waals surface area contributed by atoms with Crippen LogP contribution in [0.2, 0.25) is 0 Å². The number of para-hydroxylation sites is 1. The fourth-order valence-corrected chi connectivity index (χ4v) is 5.44. The van der Waals surface area contributed by atoms with Crippen LogP contribution < -0.4 is 5.32 Å². The van der Waals surface area contributed by atoms with Gasteiger partial charge in [0.15, 0.2) is 0 Å². The SMILES string of the molecule is O=C(NCc1cc(C(F)(F)F)cc(C(F)(F)F)c1)C(c1ccccc1O)N1CCN(C2CCCCC2)CC1. The van der Waals surface area contributed by atoms with Crippen molar-refractivity contribution >= 4 is 5.91 Å². The monoisotopic (exact) mass is 543 g/mol. The van der Waals surface area contributed by atoms with Crippen molar-refractivity contribution in [3.05, 3.63) is 64.7 Å². The molecule has 1 saturated heterocycles. The van der Waals surface area contributed by atoms with E-state index in [1.165, 1.54) is 25.3 Å². The summed E-state index contributed by atoms with van der Waals surface area (Å²) in [5.41, 5.74) is -2.87. The molecule has 2 aromatic rings. The number of piperazine rings is 1. The first-order valence-electron chi connectivity index (χ1n) is 12.8. The fraction of sp³-hybridized carbons (Fsp3) is 0.519. The summed E-state index contributed by atoms with van der Waals surface area (Å²) in [4.78, 5) is 17.7. The first-order valence-corrected chi connectivity index (χ1v) is 12.8. The van der Waals surface area contributed by atoms with Gasteiger partial charge < -0.3 is 10.4 Å². The zero-order valence-corrected chi connectivity index (χ0v) is 20.8. The number of rotatable bonds is 6. The summed E-state index contributed by atoms with van der Waals surface area (Å²) in [6, 6.07) is 7.13. The summed E-state index contributed by atoms with van der Waals surface area (Å²) < 4.78 is 79.5. The third-order valence-electron chi connectivity index (χ3n) is 7.40. The average molecular weight is 544 g/mol. The lowest BCUT2D eigenvalue weighted by Gasteiger charge is -2.43. The molecule has 2 fully saturated rings. The standard InChI is InChI=1S/C27H31F6N3O2/c28-26(29,30)19-14-18(15-20(16-19)27(31,32)33)17-34-25(38)24(22-8-4-5-9-23(22)37)36-12-10-35(11-13-36)21-6-2-1-3-7-21/h4-5,8-9,14-16,21,24,37H,1-3,6-7,10-13,17H2,(H,34,38). The lowest BCUT2D eigenvalue weighted by atomic mass is 9.93. The van der Waals surface area contributed by atoms with Crippen molar-refractivity contribution in [2.24, 2.45) is 0 Å². The van der Waals surface area contributed by atoms with Gasteiger partial charge in [-0.1, -0.05) is 37.5 Å². The van der Waals surface area contributed by atoms with Crippen LogP contribution in [-0.4, -0.2) is 53.0 Å². The van der Waals surface area contributed by atoms with E-state index >= 15 is 0 Å². The minimum atomic E-state index is -4.98. The van der Waals surface area contributed by atoms with E-state index < -0.39 is 42.0 Å². The maximum atomic E-state index is 13.4. The van der Waals surface area contributed by atoms with Crippen molar-refractivity contribution in [1.29, 1.82) is 0 Å². The number of hydrogen-bond donors (Lipinski definition) is 2. The van der Waals surface area contributed by atoms with Crippen LogP contribution >= 0.6 is 0 Å². The molecular weight excluding hydrogens is 512 g/mol. The number of halogens is 6. The Kier molecular flexibility index (Phi) is 8.56. The highest BCUT2D eigenvalue weighted by molar-refractivity contribution is 5.84. The van der Waals surface area contributed by atoms with E-state index in [4.69, 9.17) is 0 Å². The Morgan fingerprint density at radius 1 is 0.895 bits per heavy atom. The number of carbonyl (C=O) groups is 1. The lowest BCUT2D eigenvalue weighted by molar-refractivity contribution is -0.143. The summed E-state index contributed by atoms with van der Waals surface area (Å²) in [6.45, 7) is 1.99. The van der Waals surface area contributed by atoms with Crippen LogP contribution in [0.15, 0.2) is 42.5 Å². The van der Waals surface area contributed by atoms with E-state index in [1.54, 1.807) is 18.2 Å². The van der Waals surface area contributed by atoms with E-state index in [1.807, 2.05) is 4.90 Å². The van der Waals surface area contributed by atoms with E-state index in [0.29, 0.717) is 36.8 Å². The summed E-state index contributed by atoms with van der Waals surface area (Å²) >= 11 is 0. The summed E-state index contributed by atoms with van der Waals surface area (Å²) in [7, 11) is 0. The fourth-order valence-electron chi connectivity index (χ4n) is 5.44. The van der Waals surface area contributed by atoms with E-state index in [0.717, 1.165) is 25.9 Å². The number of carbonyl (C=O) groups excluding carboxylic acids is 1. The lowest BCUT2D eigenvalue weighted by Crippen LogP contribution is -2.53. The molecule has 0 spiro atoms. The zero-order valence-electron chi connectivity index (χ0n) is 20.8. The van der Waals surface area contributed by atoms with Crippen molar-refractivity contribution in [3.8, 4) is 5.75 Å². The van der Waals surface area contributed by atoms with E-state index in [-0.39, 0.29) is 17.4 Å². The molecule has 1 amide bonds. The number of nitrogens with one attached hydrogen (secondary N) is 1. The van der Waals surface area contributed by atoms with Crippen LogP contribution in [0.3, 0.4) is 0 Å². The number of hydrogen-bond acceptors (Lipinski definition) is 4. The first-order chi connectivity index (χ1) is 17.9. The highest BCUT2D eigenvalue weighted by atomic mass is 19.4. The molecule has 208 valence electrons. The topological polar surface area (TPSA) is 55.8 Å². The van der Waals surface area contributed by atoms with Crippen molar-refractivity contribution in [2.45, 2.75) is 63.1 Å². The van der Waals surface area contributed by atoms with Gasteiger partial charge in [0.05, 0.1) is 11.1 Å². The van der Waals surface area contributed by atoms with Gasteiger partial charge in [-0.25, -0.2) is 0 Å². The number of phenolic OH excluding ortho intramolecular Hbond substituents is 1. The number of phenols is 1. The minimum absolute atomic E-state index is 0.0575. The second-order valence-electron chi connectivity index (χ2n) is 9.96. The molecule has 2 N–H and O–H groups in total. The second kappa shape index (κ2) is 11.5. The molecule has 38 heavy (non-hydrogen) atoms. The molecule has 1 unspecified atom stereocenters. The number of amides is 1. The van der Waals surface area contributed by atoms with Crippen molar-refractivity contribution in [1.82, 2.24) is 15.1 Å². The average Bonchev–Trinajstić information content (AvgIpc) is 2.88. The number of aromatic hydroxyl groups is 1. The van der Waals surface area contributed by atoms with E-state index in [2.05, 4.69) is 10.2 Å². The van der Waals surface area contributed by atoms with Gasteiger partial charge in [-0.15, -0.1) is 0 Å². The number of alkyl halides is 6. The third kappa shape index (κ3) is 6.79. The molecule has 2 aromatic carbocycles. The zero-order chi connectivity index (χ0) is 27.5. The summed E-state index contributed by atoms with van der Waals surface area (Å²) in [5, 5.41) is 13.0. The highest BCUT2D eigenvalue weighted by Crippen LogP contribution is 2.37. The molecule has 0 aromatic heterocycles. The van der Waals surface area contributed by atoms with Gasteiger partial charge >= 0.3 is 12.4 Å². The molecule has 0 bridgehead atoms. The molecule has 1 saturated carbocycles. The van der Waals surface area contributed by atoms with Crippen LogP contribution in [0.1, 0.15) is 60.4 Å². The maximum Gasteiger partial charge on any atom is 0.416 e. The number of nitrogens with zero attached hydrogens (tertiary/aromatic N) is 2. The molecule has 1 heterocycles. The Morgan fingerprint density at radius 2 is 1.47 bits per heavy atom. The van der Waals surface area contributed by atoms with Gasteiger partial charge in [-0.3, -0.25) is 14.6 Å². The Morgan fingerprint density at radius 3 is 2.03 bits per heavy atom. The molecule has 1 aliphatic carbocycles. The summed E-state index contributed by atoms with van der Waals surface area (Å²) in [5.74, 6) is -0.718. The quantitative estimate of drug-likeness (QED) is 0.457. The smallest absolute Gasteiger partial charge is 0.416 e. The minimum Gasteiger partial charge on any atom is -0.508 e. The predicted molar refractivity (Wildman–Crippen MR) is 129 cm³/mol.